The van der Waals surface area contributed by atoms with E-state index in [1.165, 1.54) is 0 Å². The van der Waals surface area contributed by atoms with E-state index in [2.05, 4.69) is 4.18 Å². The highest BCUT2D eigenvalue weighted by molar-refractivity contribution is 7.97. The molecule has 0 saturated carbocycles. The zero-order valence-corrected chi connectivity index (χ0v) is 13.1. The fourth-order valence-electron chi connectivity index (χ4n) is 2.20. The lowest BCUT2D eigenvalue weighted by Gasteiger charge is -2.26. The zero-order chi connectivity index (χ0) is 17.1. The van der Waals surface area contributed by atoms with Crippen LogP contribution in [0.5, 0.6) is 0 Å². The molecule has 1 rings (SSSR count). The van der Waals surface area contributed by atoms with Gasteiger partial charge in [0.25, 0.3) is 0 Å². The lowest BCUT2D eigenvalue weighted by atomic mass is 10.1. The molecule has 0 aromatic carbocycles. The first-order valence-electron chi connectivity index (χ1n) is 6.35. The fraction of sp³-hybridized carbons (Fsp3) is 1.00. The zero-order valence-electron chi connectivity index (χ0n) is 11.4. The second-order valence-corrected chi connectivity index (χ2v) is 8.29. The highest BCUT2D eigenvalue weighted by Crippen LogP contribution is 2.25. The van der Waals surface area contributed by atoms with E-state index in [1.807, 2.05) is 0 Å². The first-order chi connectivity index (χ1) is 10.1. The van der Waals surface area contributed by atoms with Crippen LogP contribution < -0.4 is 0 Å². The minimum absolute atomic E-state index is 0.0979. The summed E-state index contributed by atoms with van der Waals surface area (Å²) < 4.78 is 35.4. The van der Waals surface area contributed by atoms with Gasteiger partial charge in [-0.3, -0.25) is 4.18 Å². The normalized spacial score (nSPS) is 33.6. The fourth-order valence-corrected chi connectivity index (χ4v) is 5.37. The van der Waals surface area contributed by atoms with E-state index in [0.717, 1.165) is 0 Å². The third-order valence-electron chi connectivity index (χ3n) is 3.35. The van der Waals surface area contributed by atoms with Crippen molar-refractivity contribution in [2.75, 3.05) is 24.7 Å². The predicted octanol–water partition coefficient (Wildman–Crippen LogP) is -4.74. The topological polar surface area (TPSA) is 188 Å². The summed E-state index contributed by atoms with van der Waals surface area (Å²) in [5, 5.41) is 56.3. The van der Waals surface area contributed by atoms with E-state index in [0.29, 0.717) is 0 Å². The van der Waals surface area contributed by atoms with Gasteiger partial charge in [0.2, 0.25) is 10.4 Å². The SMILES string of the molecule is O=S(=O)([O-])O[C@H](CO)[C@H](O)[C@@H](O)C[S+]1C[C@@H](O)[C@H](O)[C@H]1CO. The second-order valence-electron chi connectivity index (χ2n) is 4.93. The molecule has 0 radical (unpaired) electrons. The van der Waals surface area contributed by atoms with Crippen LogP contribution in [0.4, 0.5) is 0 Å². The first kappa shape index (κ1) is 20.0. The molecule has 22 heavy (non-hydrogen) atoms. The van der Waals surface area contributed by atoms with Crippen LogP contribution in [0.1, 0.15) is 0 Å². The minimum atomic E-state index is -5.17. The molecule has 1 aliphatic rings. The van der Waals surface area contributed by atoms with Crippen LogP contribution in [0, 0.1) is 0 Å². The number of aliphatic hydroxyl groups excluding tert-OH is 6. The molecule has 7 atom stereocenters. The van der Waals surface area contributed by atoms with Gasteiger partial charge in [-0.25, -0.2) is 8.42 Å². The molecule has 10 nitrogen and oxygen atoms in total. The number of rotatable bonds is 8. The Labute approximate surface area is 130 Å². The molecule has 6 N–H and O–H groups in total. The van der Waals surface area contributed by atoms with E-state index in [9.17, 15) is 38.5 Å². The Balaban J connectivity index is 2.68. The quantitative estimate of drug-likeness (QED) is 0.139. The van der Waals surface area contributed by atoms with Gasteiger partial charge >= 0.3 is 0 Å². The van der Waals surface area contributed by atoms with Crippen LogP contribution in [0.3, 0.4) is 0 Å². The third-order valence-corrected chi connectivity index (χ3v) is 6.66. The van der Waals surface area contributed by atoms with Crippen LogP contribution in [-0.4, -0.2) is 104 Å². The van der Waals surface area contributed by atoms with Crippen molar-refractivity contribution in [3.8, 4) is 0 Å². The number of hydrogen-bond donors (Lipinski definition) is 6. The summed E-state index contributed by atoms with van der Waals surface area (Å²) in [4.78, 5) is 0. The maximum absolute atomic E-state index is 10.5. The summed E-state index contributed by atoms with van der Waals surface area (Å²) in [7, 11) is -6.02. The van der Waals surface area contributed by atoms with Gasteiger partial charge in [0.1, 0.15) is 42.0 Å². The molecule has 0 aliphatic carbocycles. The van der Waals surface area contributed by atoms with E-state index in [1.54, 1.807) is 0 Å². The molecule has 1 aliphatic heterocycles. The van der Waals surface area contributed by atoms with Crippen molar-refractivity contribution < 1.29 is 47.8 Å². The van der Waals surface area contributed by atoms with Crippen LogP contribution in [0.25, 0.3) is 0 Å². The molecule has 1 saturated heterocycles. The van der Waals surface area contributed by atoms with Crippen molar-refractivity contribution in [2.24, 2.45) is 0 Å². The standard InChI is InChI=1S/C10H20O10S2/c11-1-7(20-22(17,18)19)9(15)5(13)3-21-4-6(14)10(16)8(21)2-12/h5-16H,1-4H2/t5-,6+,7+,8+,9+,10-,21?/m0/s1. The Morgan fingerprint density at radius 2 is 1.86 bits per heavy atom. The number of aliphatic hydroxyl groups is 6. The predicted molar refractivity (Wildman–Crippen MR) is 73.7 cm³/mol. The summed E-state index contributed by atoms with van der Waals surface area (Å²) >= 11 is 0. The van der Waals surface area contributed by atoms with Crippen LogP contribution in [-0.2, 0) is 25.5 Å². The van der Waals surface area contributed by atoms with E-state index < -0.39 is 70.3 Å². The largest absolute Gasteiger partial charge is 0.726 e. The molecule has 0 spiro atoms. The maximum atomic E-state index is 10.5. The molecular weight excluding hydrogens is 344 g/mol. The monoisotopic (exact) mass is 364 g/mol. The Kier molecular flexibility index (Phi) is 7.45. The van der Waals surface area contributed by atoms with Gasteiger partial charge in [-0.1, -0.05) is 0 Å². The van der Waals surface area contributed by atoms with E-state index in [-0.39, 0.29) is 11.5 Å². The Morgan fingerprint density at radius 3 is 2.32 bits per heavy atom. The number of hydrogen-bond acceptors (Lipinski definition) is 10. The molecule has 132 valence electrons. The van der Waals surface area contributed by atoms with Crippen molar-refractivity contribution in [3.05, 3.63) is 0 Å². The summed E-state index contributed by atoms with van der Waals surface area (Å²) in [6.45, 7) is -1.44. The van der Waals surface area contributed by atoms with Gasteiger partial charge in [-0.2, -0.15) is 0 Å². The van der Waals surface area contributed by atoms with Gasteiger partial charge in [-0.05, 0) is 0 Å². The van der Waals surface area contributed by atoms with Crippen molar-refractivity contribution in [1.82, 2.24) is 0 Å². The molecule has 1 unspecified atom stereocenters. The molecule has 1 fully saturated rings. The first-order valence-corrected chi connectivity index (χ1v) is 9.31. The highest BCUT2D eigenvalue weighted by atomic mass is 32.3. The molecule has 0 bridgehead atoms. The Hall–Kier alpha value is -0.0200. The smallest absolute Gasteiger partial charge is 0.218 e. The van der Waals surface area contributed by atoms with E-state index in [4.69, 9.17) is 5.11 Å². The van der Waals surface area contributed by atoms with Crippen molar-refractivity contribution in [2.45, 2.75) is 35.8 Å². The minimum Gasteiger partial charge on any atom is -0.726 e. The highest BCUT2D eigenvalue weighted by Gasteiger charge is 2.50. The van der Waals surface area contributed by atoms with Crippen molar-refractivity contribution in [3.63, 3.8) is 0 Å². The van der Waals surface area contributed by atoms with E-state index >= 15 is 0 Å². The Morgan fingerprint density at radius 1 is 1.27 bits per heavy atom. The summed E-state index contributed by atoms with van der Waals surface area (Å²) in [5.41, 5.74) is 0. The van der Waals surface area contributed by atoms with Crippen molar-refractivity contribution in [1.29, 1.82) is 0 Å². The molecule has 0 amide bonds. The summed E-state index contributed by atoms with van der Waals surface area (Å²) in [6, 6.07) is 0. The molecule has 1 heterocycles. The lowest BCUT2D eigenvalue weighted by molar-refractivity contribution is -0.0587. The van der Waals surface area contributed by atoms with Crippen LogP contribution in [0.2, 0.25) is 0 Å². The second kappa shape index (κ2) is 8.19. The van der Waals surface area contributed by atoms with Crippen molar-refractivity contribution >= 4 is 21.3 Å². The van der Waals surface area contributed by atoms with Gasteiger partial charge in [0, 0.05) is 10.9 Å². The molecule has 0 aromatic heterocycles. The molecular formula is C10H20O10S2. The molecule has 12 heteroatoms. The van der Waals surface area contributed by atoms with Gasteiger partial charge in [0.15, 0.2) is 5.25 Å². The van der Waals surface area contributed by atoms with Crippen LogP contribution >= 0.6 is 0 Å². The van der Waals surface area contributed by atoms with Gasteiger partial charge in [0.05, 0.1) is 13.2 Å². The Bertz CT molecular complexity index is 443. The average Bonchev–Trinajstić information content (AvgIpc) is 2.68. The maximum Gasteiger partial charge on any atom is 0.218 e. The average molecular weight is 364 g/mol. The molecule has 0 aromatic rings. The van der Waals surface area contributed by atoms with Gasteiger partial charge < -0.3 is 35.2 Å². The third kappa shape index (κ3) is 5.26. The summed E-state index contributed by atoms with van der Waals surface area (Å²) in [6.07, 6.45) is -7.50. The lowest BCUT2D eigenvalue weighted by Crippen LogP contribution is -2.47. The van der Waals surface area contributed by atoms with Gasteiger partial charge in [-0.15, -0.1) is 0 Å². The summed E-state index contributed by atoms with van der Waals surface area (Å²) in [5.74, 6) is -0.0695. The van der Waals surface area contributed by atoms with Crippen LogP contribution in [0.15, 0.2) is 0 Å².